The van der Waals surface area contributed by atoms with Gasteiger partial charge in [-0.1, -0.05) is 11.6 Å². The molecule has 3 fully saturated rings. The first-order valence-corrected chi connectivity index (χ1v) is 11.5. The van der Waals surface area contributed by atoms with Gasteiger partial charge in [0.15, 0.2) is 28.2 Å². The quantitative estimate of drug-likeness (QED) is 0.347. The maximum absolute atomic E-state index is 14.2. The molecule has 4 aromatic heterocycles. The maximum atomic E-state index is 14.2. The molecule has 4 aromatic rings. The Kier molecular flexibility index (Phi) is 4.98. The number of aromatic amines is 1. The first-order valence-electron chi connectivity index (χ1n) is 11.1. The third-order valence-electron chi connectivity index (χ3n) is 6.99. The summed E-state index contributed by atoms with van der Waals surface area (Å²) in [6, 6.07) is 6.23. The van der Waals surface area contributed by atoms with Crippen LogP contribution < -0.4 is 5.32 Å². The molecule has 3 saturated carbocycles. The van der Waals surface area contributed by atoms with Crippen LogP contribution in [0, 0.1) is 23.6 Å². The lowest BCUT2D eigenvalue weighted by Crippen LogP contribution is -2.51. The highest BCUT2D eigenvalue weighted by Crippen LogP contribution is 2.46. The van der Waals surface area contributed by atoms with E-state index in [1.165, 1.54) is 12.3 Å². The molecule has 3 aliphatic carbocycles. The van der Waals surface area contributed by atoms with Crippen molar-refractivity contribution in [3.05, 3.63) is 41.5 Å². The number of rotatable bonds is 5. The normalized spacial score (nSPS) is 23.9. The van der Waals surface area contributed by atoms with Crippen molar-refractivity contribution in [2.24, 2.45) is 17.8 Å². The second-order valence-electron chi connectivity index (χ2n) is 8.88. The minimum Gasteiger partial charge on any atom is -0.481 e. The van der Waals surface area contributed by atoms with Crippen LogP contribution in [0.1, 0.15) is 25.7 Å². The monoisotopic (exact) mass is 482 g/mol. The fraction of sp³-hybridized carbons (Fsp3) is 0.348. The van der Waals surface area contributed by atoms with Crippen LogP contribution in [-0.2, 0) is 4.79 Å². The molecule has 2 atom stereocenters. The second-order valence-corrected chi connectivity index (χ2v) is 9.24. The lowest BCUT2D eigenvalue weighted by molar-refractivity contribution is -0.148. The SMILES string of the molecule is O=C(O)[C@H]1C2CCC(CC2)[C@@H]1Nc1cc(-c2ccco2)nc(-c2n[nH]c3nc(Cl)c(F)cc23)n1. The van der Waals surface area contributed by atoms with E-state index in [9.17, 15) is 14.3 Å². The summed E-state index contributed by atoms with van der Waals surface area (Å²) in [4.78, 5) is 25.3. The lowest BCUT2D eigenvalue weighted by atomic mass is 9.61. The summed E-state index contributed by atoms with van der Waals surface area (Å²) < 4.78 is 19.7. The number of carboxylic acid groups (broad SMARTS) is 1. The molecule has 0 aliphatic heterocycles. The molecule has 34 heavy (non-hydrogen) atoms. The molecular weight excluding hydrogens is 463 g/mol. The number of pyridine rings is 1. The molecule has 4 heterocycles. The van der Waals surface area contributed by atoms with E-state index in [0.29, 0.717) is 34.0 Å². The van der Waals surface area contributed by atoms with Crippen LogP contribution in [0.5, 0.6) is 0 Å². The molecule has 0 aromatic carbocycles. The molecule has 7 rings (SSSR count). The van der Waals surface area contributed by atoms with Gasteiger partial charge < -0.3 is 14.8 Å². The number of hydrogen-bond donors (Lipinski definition) is 3. The minimum atomic E-state index is -0.788. The van der Waals surface area contributed by atoms with Crippen molar-refractivity contribution in [1.82, 2.24) is 25.1 Å². The number of anilines is 1. The molecule has 11 heteroatoms. The summed E-state index contributed by atoms with van der Waals surface area (Å²) in [5.41, 5.74) is 1.09. The van der Waals surface area contributed by atoms with E-state index in [4.69, 9.17) is 16.0 Å². The first kappa shape index (κ1) is 21.0. The van der Waals surface area contributed by atoms with E-state index in [-0.39, 0.29) is 28.9 Å². The molecule has 9 nitrogen and oxygen atoms in total. The molecule has 3 aliphatic rings. The topological polar surface area (TPSA) is 130 Å². The highest BCUT2D eigenvalue weighted by Gasteiger charge is 2.47. The van der Waals surface area contributed by atoms with Crippen molar-refractivity contribution in [3.8, 4) is 23.0 Å². The van der Waals surface area contributed by atoms with E-state index in [1.54, 1.807) is 18.2 Å². The van der Waals surface area contributed by atoms with Crippen LogP contribution in [0.2, 0.25) is 5.15 Å². The molecule has 174 valence electrons. The summed E-state index contributed by atoms with van der Waals surface area (Å²) >= 11 is 5.80. The van der Waals surface area contributed by atoms with Gasteiger partial charge in [0, 0.05) is 12.1 Å². The number of aliphatic carboxylic acids is 1. The van der Waals surface area contributed by atoms with Gasteiger partial charge in [-0.3, -0.25) is 9.89 Å². The van der Waals surface area contributed by atoms with Crippen molar-refractivity contribution in [1.29, 1.82) is 0 Å². The largest absolute Gasteiger partial charge is 0.481 e. The number of halogens is 2. The Labute approximate surface area is 197 Å². The lowest BCUT2D eigenvalue weighted by Gasteiger charge is -2.47. The van der Waals surface area contributed by atoms with Gasteiger partial charge in [0.2, 0.25) is 0 Å². The predicted molar refractivity (Wildman–Crippen MR) is 122 cm³/mol. The maximum Gasteiger partial charge on any atom is 0.308 e. The number of carboxylic acids is 1. The predicted octanol–water partition coefficient (Wildman–Crippen LogP) is 4.77. The van der Waals surface area contributed by atoms with Gasteiger partial charge in [0.05, 0.1) is 17.6 Å². The van der Waals surface area contributed by atoms with E-state index in [0.717, 1.165) is 25.7 Å². The van der Waals surface area contributed by atoms with Crippen LogP contribution in [-0.4, -0.2) is 42.3 Å². The molecular formula is C23H20ClFN6O3. The Balaban J connectivity index is 1.45. The standard InChI is InChI=1S/C23H20ClFN6O3/c24-20-13(25)8-12-19(30-31-21(12)29-20)22-26-14(15-2-1-7-34-15)9-16(28-22)27-18-11-5-3-10(4-6-11)17(18)23(32)33/h1-2,7-11,17-18H,3-6H2,(H,32,33)(H,26,27,28)(H,29,30,31)/t10?,11?,17-,18-/m0/s1. The van der Waals surface area contributed by atoms with Gasteiger partial charge in [-0.05, 0) is 55.7 Å². The molecule has 2 bridgehead atoms. The van der Waals surface area contributed by atoms with Crippen LogP contribution in [0.3, 0.4) is 0 Å². The Morgan fingerprint density at radius 1 is 1.18 bits per heavy atom. The number of nitrogens with zero attached hydrogens (tertiary/aromatic N) is 4. The Bertz CT molecular complexity index is 1380. The Hall–Kier alpha value is -3.53. The Morgan fingerprint density at radius 3 is 2.71 bits per heavy atom. The van der Waals surface area contributed by atoms with Crippen molar-refractivity contribution in [3.63, 3.8) is 0 Å². The van der Waals surface area contributed by atoms with Crippen molar-refractivity contribution >= 4 is 34.4 Å². The second kappa shape index (κ2) is 8.05. The number of fused-ring (bicyclic) bond motifs is 4. The summed E-state index contributed by atoms with van der Waals surface area (Å²) in [5, 5.41) is 20.4. The van der Waals surface area contributed by atoms with Gasteiger partial charge in [0.1, 0.15) is 17.2 Å². The van der Waals surface area contributed by atoms with E-state index in [2.05, 4.69) is 30.5 Å². The average Bonchev–Trinajstić information content (AvgIpc) is 3.50. The van der Waals surface area contributed by atoms with Crippen LogP contribution in [0.4, 0.5) is 10.2 Å². The number of aromatic nitrogens is 5. The third-order valence-corrected chi connectivity index (χ3v) is 7.26. The van der Waals surface area contributed by atoms with Gasteiger partial charge in [-0.25, -0.2) is 19.3 Å². The summed E-state index contributed by atoms with van der Waals surface area (Å²) in [5.74, 6) is -0.353. The molecule has 0 unspecified atom stereocenters. The van der Waals surface area contributed by atoms with Crippen LogP contribution in [0.15, 0.2) is 34.9 Å². The van der Waals surface area contributed by atoms with Gasteiger partial charge in [0.25, 0.3) is 0 Å². The number of H-pyrrole nitrogens is 1. The van der Waals surface area contributed by atoms with Crippen LogP contribution in [0.25, 0.3) is 34.0 Å². The van der Waals surface area contributed by atoms with Gasteiger partial charge in [-0.2, -0.15) is 5.10 Å². The van der Waals surface area contributed by atoms with Crippen LogP contribution >= 0.6 is 11.6 Å². The summed E-state index contributed by atoms with van der Waals surface area (Å²) in [7, 11) is 0. The van der Waals surface area contributed by atoms with E-state index < -0.39 is 17.7 Å². The average molecular weight is 483 g/mol. The number of furan rings is 1. The van der Waals surface area contributed by atoms with Crippen molar-refractivity contribution in [2.75, 3.05) is 5.32 Å². The highest BCUT2D eigenvalue weighted by molar-refractivity contribution is 6.30. The molecule has 0 radical (unpaired) electrons. The number of carbonyl (C=O) groups is 1. The minimum absolute atomic E-state index is 0.153. The zero-order chi connectivity index (χ0) is 23.4. The highest BCUT2D eigenvalue weighted by atomic mass is 35.5. The number of nitrogens with one attached hydrogen (secondary N) is 2. The smallest absolute Gasteiger partial charge is 0.308 e. The van der Waals surface area contributed by atoms with E-state index >= 15 is 0 Å². The molecule has 3 N–H and O–H groups in total. The fourth-order valence-electron chi connectivity index (χ4n) is 5.43. The van der Waals surface area contributed by atoms with Crippen molar-refractivity contribution in [2.45, 2.75) is 31.7 Å². The van der Waals surface area contributed by atoms with Crippen molar-refractivity contribution < 1.29 is 18.7 Å². The number of hydrogen-bond acceptors (Lipinski definition) is 7. The first-order chi connectivity index (χ1) is 16.5. The summed E-state index contributed by atoms with van der Waals surface area (Å²) in [6.45, 7) is 0. The third kappa shape index (κ3) is 3.49. The molecule has 0 saturated heterocycles. The Morgan fingerprint density at radius 2 is 1.97 bits per heavy atom. The van der Waals surface area contributed by atoms with Gasteiger partial charge in [-0.15, -0.1) is 0 Å². The zero-order valence-electron chi connectivity index (χ0n) is 17.8. The van der Waals surface area contributed by atoms with Gasteiger partial charge >= 0.3 is 5.97 Å². The summed E-state index contributed by atoms with van der Waals surface area (Å²) in [6.07, 6.45) is 5.39. The van der Waals surface area contributed by atoms with E-state index in [1.807, 2.05) is 0 Å². The fourth-order valence-corrected chi connectivity index (χ4v) is 5.57. The zero-order valence-corrected chi connectivity index (χ0v) is 18.6. The molecule has 0 spiro atoms. The molecule has 0 amide bonds.